The topological polar surface area (TPSA) is 53.7 Å². The van der Waals surface area contributed by atoms with E-state index in [-0.39, 0.29) is 52.9 Å². The van der Waals surface area contributed by atoms with Crippen LogP contribution in [0.2, 0.25) is 5.02 Å². The molecule has 178 valence electrons. The third-order valence-corrected chi connectivity index (χ3v) is 6.33. The van der Waals surface area contributed by atoms with E-state index < -0.39 is 22.9 Å². The maximum atomic E-state index is 14.0. The van der Waals surface area contributed by atoms with Gasteiger partial charge in [0.25, 0.3) is 0 Å². The summed E-state index contributed by atoms with van der Waals surface area (Å²) in [6.45, 7) is 3.04. The minimum atomic E-state index is -4.91. The van der Waals surface area contributed by atoms with Gasteiger partial charge < -0.3 is 9.52 Å². The van der Waals surface area contributed by atoms with Gasteiger partial charge >= 0.3 is 6.18 Å². The van der Waals surface area contributed by atoms with Crippen molar-refractivity contribution in [1.82, 2.24) is 4.90 Å². The molecule has 1 fully saturated rings. The molecule has 33 heavy (non-hydrogen) atoms. The number of likely N-dealkylation sites (tertiary alicyclic amines) is 1. The van der Waals surface area contributed by atoms with E-state index in [1.165, 1.54) is 36.4 Å². The molecule has 0 bridgehead atoms. The van der Waals surface area contributed by atoms with Crippen molar-refractivity contribution in [3.8, 4) is 16.9 Å². The number of alkyl halides is 3. The third-order valence-electron chi connectivity index (χ3n) is 6.09. The number of aromatic hydroxyl groups is 1. The molecule has 8 heteroatoms. The monoisotopic (exact) mass is 481 g/mol. The molecule has 0 spiro atoms. The zero-order valence-corrected chi connectivity index (χ0v) is 18.3. The van der Waals surface area contributed by atoms with Crippen LogP contribution in [0.1, 0.15) is 51.4 Å². The van der Waals surface area contributed by atoms with Crippen LogP contribution in [0.3, 0.4) is 0 Å². The summed E-state index contributed by atoms with van der Waals surface area (Å²) in [6, 6.07) is 8.59. The lowest BCUT2D eigenvalue weighted by Gasteiger charge is -2.35. The Hall–Kier alpha value is -2.51. The molecule has 0 saturated carbocycles. The van der Waals surface area contributed by atoms with E-state index in [9.17, 15) is 23.1 Å². The molecule has 4 nitrogen and oxygen atoms in total. The summed E-state index contributed by atoms with van der Waals surface area (Å²) < 4.78 is 47.4. The molecule has 1 aliphatic heterocycles. The lowest BCUT2D eigenvalue weighted by molar-refractivity contribution is -0.152. The van der Waals surface area contributed by atoms with Crippen LogP contribution in [0, 0.1) is 0 Å². The molecule has 1 atom stereocenters. The van der Waals surface area contributed by atoms with Crippen molar-refractivity contribution >= 4 is 22.6 Å². The Morgan fingerprint density at radius 2 is 1.97 bits per heavy atom. The Kier molecular flexibility index (Phi) is 7.44. The van der Waals surface area contributed by atoms with Crippen molar-refractivity contribution in [1.29, 1.82) is 0 Å². The van der Waals surface area contributed by atoms with Crippen LogP contribution >= 0.6 is 11.6 Å². The van der Waals surface area contributed by atoms with E-state index >= 15 is 0 Å². The molecule has 4 rings (SSSR count). The highest BCUT2D eigenvalue weighted by molar-refractivity contribution is 6.30. The predicted molar refractivity (Wildman–Crippen MR) is 125 cm³/mol. The van der Waals surface area contributed by atoms with Crippen molar-refractivity contribution in [2.45, 2.75) is 58.8 Å². The van der Waals surface area contributed by atoms with Crippen LogP contribution in [0.15, 0.2) is 45.6 Å². The first-order chi connectivity index (χ1) is 15.2. The molecule has 1 aromatic heterocycles. The van der Waals surface area contributed by atoms with E-state index in [1.807, 2.05) is 0 Å². The van der Waals surface area contributed by atoms with Gasteiger partial charge in [-0.25, -0.2) is 0 Å². The number of halogens is 4. The van der Waals surface area contributed by atoms with Crippen LogP contribution in [0.25, 0.3) is 22.1 Å². The molecule has 3 aromatic rings. The van der Waals surface area contributed by atoms with Gasteiger partial charge in [0.2, 0.25) is 11.2 Å². The molecule has 2 heterocycles. The minimum Gasteiger partial charge on any atom is -0.507 e. The fourth-order valence-corrected chi connectivity index (χ4v) is 4.69. The van der Waals surface area contributed by atoms with Crippen LogP contribution < -0.4 is 5.43 Å². The molecule has 1 unspecified atom stereocenters. The highest BCUT2D eigenvalue weighted by atomic mass is 35.5. The fraction of sp³-hybridized carbons (Fsp3) is 0.400. The Labute approximate surface area is 195 Å². The van der Waals surface area contributed by atoms with E-state index in [2.05, 4.69) is 11.8 Å². The molecule has 0 aliphatic carbocycles. The Morgan fingerprint density at radius 1 is 1.21 bits per heavy atom. The first-order valence-electron chi connectivity index (χ1n) is 10.6. The largest absolute Gasteiger partial charge is 0.507 e. The van der Waals surface area contributed by atoms with Crippen LogP contribution in [0.4, 0.5) is 13.2 Å². The van der Waals surface area contributed by atoms with Gasteiger partial charge in [0.15, 0.2) is 0 Å². The van der Waals surface area contributed by atoms with Gasteiger partial charge in [-0.15, -0.1) is 0 Å². The number of hydrogen-bond acceptors (Lipinski definition) is 4. The predicted octanol–water partition coefficient (Wildman–Crippen LogP) is 7.24. The normalized spacial score (nSPS) is 17.2. The van der Waals surface area contributed by atoms with E-state index in [0.717, 1.165) is 32.2 Å². The lowest BCUT2D eigenvalue weighted by Crippen LogP contribution is -2.38. The second-order valence-corrected chi connectivity index (χ2v) is 8.55. The first kappa shape index (κ1) is 25.1. The highest BCUT2D eigenvalue weighted by Gasteiger charge is 2.40. The van der Waals surface area contributed by atoms with Gasteiger partial charge in [-0.1, -0.05) is 44.5 Å². The maximum Gasteiger partial charge on any atom is 0.450 e. The Morgan fingerprint density at radius 3 is 2.64 bits per heavy atom. The number of phenols is 1. The quantitative estimate of drug-likeness (QED) is 0.426. The van der Waals surface area contributed by atoms with Crippen molar-refractivity contribution < 1.29 is 22.7 Å². The summed E-state index contributed by atoms with van der Waals surface area (Å²) in [4.78, 5) is 15.4. The number of benzene rings is 2. The smallest absolute Gasteiger partial charge is 0.450 e. The van der Waals surface area contributed by atoms with Crippen LogP contribution in [0.5, 0.6) is 5.75 Å². The van der Waals surface area contributed by atoms with E-state index in [0.29, 0.717) is 0 Å². The summed E-state index contributed by atoms with van der Waals surface area (Å²) in [6.07, 6.45) is -0.975. The average Bonchev–Trinajstić information content (AvgIpc) is 2.75. The number of piperidine rings is 1. The Balaban J connectivity index is 0.00000306. The molecule has 2 aromatic carbocycles. The van der Waals surface area contributed by atoms with Gasteiger partial charge in [0.1, 0.15) is 11.3 Å². The van der Waals surface area contributed by atoms with E-state index in [4.69, 9.17) is 16.0 Å². The molecule has 1 saturated heterocycles. The summed E-state index contributed by atoms with van der Waals surface area (Å²) >= 11 is 5.96. The van der Waals surface area contributed by atoms with Crippen molar-refractivity contribution in [2.75, 3.05) is 6.54 Å². The zero-order chi connectivity index (χ0) is 23.0. The first-order valence-corrected chi connectivity index (χ1v) is 11.0. The summed E-state index contributed by atoms with van der Waals surface area (Å²) in [5.74, 6) is -1.58. The van der Waals surface area contributed by atoms with Gasteiger partial charge in [0.05, 0.1) is 16.5 Å². The van der Waals surface area contributed by atoms with Crippen LogP contribution in [-0.2, 0) is 12.7 Å². The zero-order valence-electron chi connectivity index (χ0n) is 17.5. The number of nitrogens with zero attached hydrogens (tertiary/aromatic N) is 1. The molecule has 0 amide bonds. The van der Waals surface area contributed by atoms with Crippen molar-refractivity contribution in [3.63, 3.8) is 0 Å². The van der Waals surface area contributed by atoms with Gasteiger partial charge in [-0.05, 0) is 55.6 Å². The van der Waals surface area contributed by atoms with Gasteiger partial charge in [0, 0.05) is 17.6 Å². The molecule has 1 aliphatic rings. The number of fused-ring (bicyclic) bond motifs is 1. The third kappa shape index (κ3) is 4.89. The summed E-state index contributed by atoms with van der Waals surface area (Å²) in [7, 11) is 0. The van der Waals surface area contributed by atoms with Crippen molar-refractivity contribution in [2.24, 2.45) is 0 Å². The molecule has 1 N–H and O–H groups in total. The number of phenolic OH excluding ortho intramolecular Hbond substituents is 1. The highest BCUT2D eigenvalue weighted by Crippen LogP contribution is 2.40. The van der Waals surface area contributed by atoms with E-state index in [1.54, 1.807) is 0 Å². The minimum absolute atomic E-state index is 0. The Bertz CT molecular complexity index is 1210. The number of hydrogen-bond donors (Lipinski definition) is 1. The molecular formula is C25H27ClF3NO3. The second kappa shape index (κ2) is 9.77. The standard InChI is InChI=1S/C24H23ClF3NO3.CH4/c1-2-16-8-3-4-11-29(16)13-18-19(30)10-9-17-21(31)20(14-6-5-7-15(25)12-14)23(24(26,27)28)32-22(17)18;/h5-7,9-10,12,16,30H,2-4,8,11,13H2,1H3;1H4. The number of rotatable bonds is 4. The summed E-state index contributed by atoms with van der Waals surface area (Å²) in [5, 5.41) is 10.7. The van der Waals surface area contributed by atoms with Crippen molar-refractivity contribution in [3.05, 3.63) is 63.0 Å². The molecular weight excluding hydrogens is 455 g/mol. The summed E-state index contributed by atoms with van der Waals surface area (Å²) in [5.41, 5.74) is -1.41. The van der Waals surface area contributed by atoms with Gasteiger partial charge in [-0.2, -0.15) is 13.2 Å². The SMILES string of the molecule is C.CCC1CCCCN1Cc1c(O)ccc2c(=O)c(-c3cccc(Cl)c3)c(C(F)(F)F)oc12. The van der Waals surface area contributed by atoms with Gasteiger partial charge in [-0.3, -0.25) is 9.69 Å². The maximum absolute atomic E-state index is 14.0. The molecule has 0 radical (unpaired) electrons. The second-order valence-electron chi connectivity index (χ2n) is 8.11. The average molecular weight is 482 g/mol. The lowest BCUT2D eigenvalue weighted by atomic mass is 9.97. The van der Waals surface area contributed by atoms with Crippen LogP contribution in [-0.4, -0.2) is 22.6 Å². The fourth-order valence-electron chi connectivity index (χ4n) is 4.50.